The van der Waals surface area contributed by atoms with Crippen molar-refractivity contribution in [3.05, 3.63) is 42.2 Å². The van der Waals surface area contributed by atoms with Gasteiger partial charge in [-0.1, -0.05) is 18.6 Å². The van der Waals surface area contributed by atoms with Crippen molar-refractivity contribution in [1.82, 2.24) is 9.78 Å². The van der Waals surface area contributed by atoms with Crippen molar-refractivity contribution in [2.45, 2.75) is 44.4 Å². The van der Waals surface area contributed by atoms with Crippen LogP contribution in [-0.2, 0) is 6.18 Å². The number of hydrogen-bond donors (Lipinski definition) is 0. The molecule has 22 heavy (non-hydrogen) atoms. The number of aromatic nitrogens is 2. The van der Waals surface area contributed by atoms with Crippen LogP contribution in [0.2, 0.25) is 0 Å². The van der Waals surface area contributed by atoms with Crippen LogP contribution < -0.4 is 4.74 Å². The Kier molecular flexibility index (Phi) is 4.09. The predicted molar refractivity (Wildman–Crippen MR) is 76.1 cm³/mol. The summed E-state index contributed by atoms with van der Waals surface area (Å²) >= 11 is 0. The molecule has 1 saturated carbocycles. The van der Waals surface area contributed by atoms with E-state index in [9.17, 15) is 13.2 Å². The first kappa shape index (κ1) is 14.9. The molecule has 0 bridgehead atoms. The largest absolute Gasteiger partial charge is 0.487 e. The molecule has 0 aliphatic heterocycles. The number of nitrogens with zero attached hydrogens (tertiary/aromatic N) is 2. The van der Waals surface area contributed by atoms with E-state index in [1.165, 1.54) is 35.6 Å². The molecule has 1 fully saturated rings. The molecule has 3 rings (SSSR count). The normalized spacial score (nSPS) is 16.7. The minimum Gasteiger partial charge on any atom is -0.487 e. The van der Waals surface area contributed by atoms with E-state index >= 15 is 0 Å². The number of para-hydroxylation sites is 1. The lowest BCUT2D eigenvalue weighted by Crippen LogP contribution is -2.19. The number of benzene rings is 1. The zero-order valence-electron chi connectivity index (χ0n) is 12.0. The summed E-state index contributed by atoms with van der Waals surface area (Å²) in [5.74, 6) is 0.517. The Morgan fingerprint density at radius 2 is 1.82 bits per heavy atom. The van der Waals surface area contributed by atoms with E-state index in [-0.39, 0.29) is 11.8 Å². The Balaban J connectivity index is 1.82. The molecule has 0 unspecified atom stereocenters. The average molecular weight is 310 g/mol. The summed E-state index contributed by atoms with van der Waals surface area (Å²) in [6, 6.07) is 5.39. The number of rotatable bonds is 3. The summed E-state index contributed by atoms with van der Waals surface area (Å²) in [6.07, 6.45) is 4.19. The van der Waals surface area contributed by atoms with Gasteiger partial charge in [-0.2, -0.15) is 18.3 Å². The monoisotopic (exact) mass is 310 g/mol. The van der Waals surface area contributed by atoms with Crippen LogP contribution in [0.15, 0.2) is 36.7 Å². The Bertz CT molecular complexity index is 630. The summed E-state index contributed by atoms with van der Waals surface area (Å²) in [5.41, 5.74) is -0.698. The summed E-state index contributed by atoms with van der Waals surface area (Å²) in [4.78, 5) is 0. The van der Waals surface area contributed by atoms with E-state index in [1.807, 2.05) is 0 Å². The maximum Gasteiger partial charge on any atom is 0.418 e. The van der Waals surface area contributed by atoms with Crippen LogP contribution in [0.1, 0.15) is 37.7 Å². The SMILES string of the molecule is FC(F)(F)c1ccccc1-n1cc(OC2CCCCC2)cn1. The Morgan fingerprint density at radius 3 is 2.55 bits per heavy atom. The molecule has 3 nitrogen and oxygen atoms in total. The van der Waals surface area contributed by atoms with E-state index in [4.69, 9.17) is 4.74 Å². The van der Waals surface area contributed by atoms with E-state index in [1.54, 1.807) is 6.07 Å². The first-order valence-corrected chi connectivity index (χ1v) is 7.42. The smallest absolute Gasteiger partial charge is 0.418 e. The van der Waals surface area contributed by atoms with Gasteiger partial charge in [-0.15, -0.1) is 0 Å². The van der Waals surface area contributed by atoms with Gasteiger partial charge in [-0.25, -0.2) is 4.68 Å². The molecule has 2 aromatic rings. The fraction of sp³-hybridized carbons (Fsp3) is 0.438. The van der Waals surface area contributed by atoms with Crippen LogP contribution in [0, 0.1) is 0 Å². The number of hydrogen-bond acceptors (Lipinski definition) is 2. The molecule has 1 aliphatic rings. The third kappa shape index (κ3) is 3.26. The van der Waals surface area contributed by atoms with Crippen LogP contribution in [0.3, 0.4) is 0 Å². The maximum absolute atomic E-state index is 13.0. The third-order valence-corrected chi connectivity index (χ3v) is 3.87. The summed E-state index contributed by atoms with van der Waals surface area (Å²) < 4.78 is 46.2. The fourth-order valence-corrected chi connectivity index (χ4v) is 2.79. The van der Waals surface area contributed by atoms with Gasteiger partial charge in [0.15, 0.2) is 5.75 Å². The van der Waals surface area contributed by atoms with Gasteiger partial charge in [-0.3, -0.25) is 0 Å². The second-order valence-corrected chi connectivity index (χ2v) is 5.51. The lowest BCUT2D eigenvalue weighted by atomic mass is 9.98. The van der Waals surface area contributed by atoms with Crippen molar-refractivity contribution in [3.63, 3.8) is 0 Å². The van der Waals surface area contributed by atoms with Crippen LogP contribution in [0.5, 0.6) is 5.75 Å². The molecule has 1 aliphatic carbocycles. The molecule has 1 aromatic heterocycles. The van der Waals surface area contributed by atoms with Crippen molar-refractivity contribution in [2.75, 3.05) is 0 Å². The zero-order valence-corrected chi connectivity index (χ0v) is 12.0. The molecular formula is C16H17F3N2O. The lowest BCUT2D eigenvalue weighted by molar-refractivity contribution is -0.137. The molecule has 0 atom stereocenters. The first-order valence-electron chi connectivity index (χ1n) is 7.42. The van der Waals surface area contributed by atoms with Gasteiger partial charge in [-0.05, 0) is 37.8 Å². The van der Waals surface area contributed by atoms with Gasteiger partial charge < -0.3 is 4.74 Å². The van der Waals surface area contributed by atoms with Crippen LogP contribution in [0.4, 0.5) is 13.2 Å². The van der Waals surface area contributed by atoms with E-state index in [0.29, 0.717) is 5.75 Å². The first-order chi connectivity index (χ1) is 10.5. The molecule has 1 aromatic carbocycles. The topological polar surface area (TPSA) is 27.1 Å². The van der Waals surface area contributed by atoms with Crippen molar-refractivity contribution in [1.29, 1.82) is 0 Å². The second kappa shape index (κ2) is 6.02. The Hall–Kier alpha value is -1.98. The molecule has 0 spiro atoms. The highest BCUT2D eigenvalue weighted by atomic mass is 19.4. The van der Waals surface area contributed by atoms with Gasteiger partial charge in [0.1, 0.15) is 0 Å². The maximum atomic E-state index is 13.0. The molecule has 0 radical (unpaired) electrons. The van der Waals surface area contributed by atoms with E-state index < -0.39 is 11.7 Å². The highest BCUT2D eigenvalue weighted by molar-refractivity contribution is 5.43. The van der Waals surface area contributed by atoms with Gasteiger partial charge in [0.2, 0.25) is 0 Å². The number of ether oxygens (including phenoxy) is 1. The number of alkyl halides is 3. The molecular weight excluding hydrogens is 293 g/mol. The fourth-order valence-electron chi connectivity index (χ4n) is 2.79. The summed E-state index contributed by atoms with van der Waals surface area (Å²) in [7, 11) is 0. The molecule has 1 heterocycles. The van der Waals surface area contributed by atoms with Gasteiger partial charge in [0, 0.05) is 0 Å². The predicted octanol–water partition coefficient (Wildman–Crippen LogP) is 4.60. The minimum absolute atomic E-state index is 0.00786. The van der Waals surface area contributed by atoms with Crippen molar-refractivity contribution in [2.24, 2.45) is 0 Å². The van der Waals surface area contributed by atoms with Gasteiger partial charge in [0.25, 0.3) is 0 Å². The molecule has 0 amide bonds. The Labute approximate surface area is 126 Å². The average Bonchev–Trinajstić information content (AvgIpc) is 2.96. The van der Waals surface area contributed by atoms with E-state index in [2.05, 4.69) is 5.10 Å². The zero-order chi connectivity index (χ0) is 15.6. The van der Waals surface area contributed by atoms with Crippen LogP contribution in [0.25, 0.3) is 5.69 Å². The van der Waals surface area contributed by atoms with Gasteiger partial charge >= 0.3 is 6.18 Å². The van der Waals surface area contributed by atoms with Gasteiger partial charge in [0.05, 0.1) is 29.7 Å². The number of halogens is 3. The standard InChI is InChI=1S/C16H17F3N2O/c17-16(18,19)14-8-4-5-9-15(14)21-11-13(10-20-21)22-12-6-2-1-3-7-12/h4-5,8-12H,1-3,6-7H2. The van der Waals surface area contributed by atoms with Crippen LogP contribution >= 0.6 is 0 Å². The summed E-state index contributed by atoms with van der Waals surface area (Å²) in [5, 5.41) is 4.02. The highest BCUT2D eigenvalue weighted by Gasteiger charge is 2.33. The molecule has 0 N–H and O–H groups in total. The molecule has 6 heteroatoms. The molecule has 118 valence electrons. The van der Waals surface area contributed by atoms with Crippen LogP contribution in [-0.4, -0.2) is 15.9 Å². The minimum atomic E-state index is -4.41. The summed E-state index contributed by atoms with van der Waals surface area (Å²) in [6.45, 7) is 0. The third-order valence-electron chi connectivity index (χ3n) is 3.87. The second-order valence-electron chi connectivity index (χ2n) is 5.51. The molecule has 0 saturated heterocycles. The highest BCUT2D eigenvalue weighted by Crippen LogP contribution is 2.34. The quantitative estimate of drug-likeness (QED) is 0.828. The lowest BCUT2D eigenvalue weighted by Gasteiger charge is -2.21. The van der Waals surface area contributed by atoms with Crippen molar-refractivity contribution in [3.8, 4) is 11.4 Å². The van der Waals surface area contributed by atoms with Crippen molar-refractivity contribution < 1.29 is 17.9 Å². The Morgan fingerprint density at radius 1 is 1.09 bits per heavy atom. The van der Waals surface area contributed by atoms with Crippen molar-refractivity contribution >= 4 is 0 Å². The van der Waals surface area contributed by atoms with E-state index in [0.717, 1.165) is 31.7 Å².